The van der Waals surface area contributed by atoms with Gasteiger partial charge in [0.1, 0.15) is 16.6 Å². The molecule has 1 aromatic carbocycles. The first kappa shape index (κ1) is 22.9. The molecule has 0 aliphatic heterocycles. The number of aryl methyl sites for hydroxylation is 1. The molecule has 1 aliphatic carbocycles. The van der Waals surface area contributed by atoms with Gasteiger partial charge in [0.2, 0.25) is 5.91 Å². The smallest absolute Gasteiger partial charge is 0.341 e. The fourth-order valence-electron chi connectivity index (χ4n) is 3.56. The number of ether oxygens (including phenoxy) is 1. The second kappa shape index (κ2) is 10.5. The zero-order valence-corrected chi connectivity index (χ0v) is 18.0. The van der Waals surface area contributed by atoms with Crippen LogP contribution in [0.2, 0.25) is 0 Å². The maximum atomic E-state index is 13.6. The highest BCUT2D eigenvalue weighted by Crippen LogP contribution is 2.38. The Hall–Kier alpha value is -2.81. The van der Waals surface area contributed by atoms with Crippen molar-refractivity contribution < 1.29 is 27.9 Å². The van der Waals surface area contributed by atoms with E-state index in [4.69, 9.17) is 4.74 Å². The molecule has 2 aromatic rings. The van der Waals surface area contributed by atoms with Crippen molar-refractivity contribution in [3.05, 3.63) is 51.4 Å². The van der Waals surface area contributed by atoms with Gasteiger partial charge in [0.25, 0.3) is 5.91 Å². The lowest BCUT2D eigenvalue weighted by Gasteiger charge is -2.08. The number of benzene rings is 1. The first-order valence-electron chi connectivity index (χ1n) is 10.2. The lowest BCUT2D eigenvalue weighted by Crippen LogP contribution is -2.26. The standard InChI is InChI=1S/C22H24F2N2O4S/c1-30-22(29)19-15-6-3-2-4-7-17(15)31-21(19)26-18(27)8-5-11-25-20(28)14-10-9-13(23)12-16(14)24/h9-10,12H,2-8,11H2,1H3,(H,25,28)(H,26,27). The third kappa shape index (κ3) is 5.66. The van der Waals surface area contributed by atoms with Crippen LogP contribution in [0.4, 0.5) is 13.8 Å². The van der Waals surface area contributed by atoms with E-state index in [0.29, 0.717) is 23.1 Å². The largest absolute Gasteiger partial charge is 0.465 e. The Morgan fingerprint density at radius 3 is 2.65 bits per heavy atom. The predicted molar refractivity (Wildman–Crippen MR) is 113 cm³/mol. The summed E-state index contributed by atoms with van der Waals surface area (Å²) in [5.41, 5.74) is 1.16. The van der Waals surface area contributed by atoms with Crippen molar-refractivity contribution in [3.8, 4) is 0 Å². The summed E-state index contributed by atoms with van der Waals surface area (Å²) in [6, 6.07) is 2.72. The predicted octanol–water partition coefficient (Wildman–Crippen LogP) is 4.23. The van der Waals surface area contributed by atoms with Crippen molar-refractivity contribution in [2.45, 2.75) is 44.9 Å². The molecule has 3 rings (SSSR count). The number of thiophene rings is 1. The van der Waals surface area contributed by atoms with Gasteiger partial charge in [-0.25, -0.2) is 13.6 Å². The van der Waals surface area contributed by atoms with E-state index in [1.807, 2.05) is 0 Å². The zero-order chi connectivity index (χ0) is 22.4. The molecular formula is C22H24F2N2O4S. The third-order valence-electron chi connectivity index (χ3n) is 5.11. The van der Waals surface area contributed by atoms with Crippen LogP contribution in [0, 0.1) is 11.6 Å². The molecule has 0 radical (unpaired) electrons. The van der Waals surface area contributed by atoms with Gasteiger partial charge >= 0.3 is 5.97 Å². The van der Waals surface area contributed by atoms with Crippen LogP contribution in [0.25, 0.3) is 0 Å². The fraction of sp³-hybridized carbons (Fsp3) is 0.409. The van der Waals surface area contributed by atoms with Crippen LogP contribution in [0.1, 0.15) is 63.3 Å². The van der Waals surface area contributed by atoms with Gasteiger partial charge in [-0.15, -0.1) is 11.3 Å². The summed E-state index contributed by atoms with van der Waals surface area (Å²) in [5, 5.41) is 5.82. The van der Waals surface area contributed by atoms with Crippen LogP contribution in [-0.2, 0) is 22.4 Å². The summed E-state index contributed by atoms with van der Waals surface area (Å²) >= 11 is 1.42. The Balaban J connectivity index is 1.55. The van der Waals surface area contributed by atoms with E-state index < -0.39 is 23.5 Å². The zero-order valence-electron chi connectivity index (χ0n) is 17.2. The summed E-state index contributed by atoms with van der Waals surface area (Å²) < 4.78 is 31.5. The third-order valence-corrected chi connectivity index (χ3v) is 6.31. The van der Waals surface area contributed by atoms with Crippen molar-refractivity contribution in [1.29, 1.82) is 0 Å². The molecule has 0 saturated carbocycles. The van der Waals surface area contributed by atoms with Gasteiger partial charge in [0.15, 0.2) is 0 Å². The minimum atomic E-state index is -0.942. The number of anilines is 1. The summed E-state index contributed by atoms with van der Waals surface area (Å²) in [6.45, 7) is 0.147. The van der Waals surface area contributed by atoms with Gasteiger partial charge in [-0.3, -0.25) is 9.59 Å². The second-order valence-corrected chi connectivity index (χ2v) is 8.40. The topological polar surface area (TPSA) is 84.5 Å². The van der Waals surface area contributed by atoms with E-state index in [9.17, 15) is 23.2 Å². The molecule has 1 aromatic heterocycles. The highest BCUT2D eigenvalue weighted by atomic mass is 32.1. The Kier molecular flexibility index (Phi) is 7.73. The molecule has 6 nitrogen and oxygen atoms in total. The maximum absolute atomic E-state index is 13.6. The Morgan fingerprint density at radius 1 is 1.13 bits per heavy atom. The summed E-state index contributed by atoms with van der Waals surface area (Å²) in [4.78, 5) is 37.8. The summed E-state index contributed by atoms with van der Waals surface area (Å²) in [5.74, 6) is -3.12. The number of carbonyl (C=O) groups is 3. The first-order valence-corrected chi connectivity index (χ1v) is 11.0. The molecule has 0 saturated heterocycles. The SMILES string of the molecule is COC(=O)c1c(NC(=O)CCCNC(=O)c2ccc(F)cc2F)sc2c1CCCCC2. The van der Waals surface area contributed by atoms with Gasteiger partial charge < -0.3 is 15.4 Å². The van der Waals surface area contributed by atoms with Gasteiger partial charge in [0.05, 0.1) is 18.2 Å². The normalized spacial score (nSPS) is 13.1. The van der Waals surface area contributed by atoms with E-state index in [0.717, 1.165) is 54.7 Å². The molecule has 9 heteroatoms. The lowest BCUT2D eigenvalue weighted by molar-refractivity contribution is -0.116. The molecule has 0 spiro atoms. The van der Waals surface area contributed by atoms with Crippen molar-refractivity contribution in [2.24, 2.45) is 0 Å². The first-order chi connectivity index (χ1) is 14.9. The number of amides is 2. The van der Waals surface area contributed by atoms with Crippen molar-refractivity contribution in [1.82, 2.24) is 5.32 Å². The molecule has 0 fully saturated rings. The summed E-state index contributed by atoms with van der Waals surface area (Å²) in [7, 11) is 1.32. The number of hydrogen-bond acceptors (Lipinski definition) is 5. The highest BCUT2D eigenvalue weighted by molar-refractivity contribution is 7.17. The minimum absolute atomic E-state index is 0.107. The summed E-state index contributed by atoms with van der Waals surface area (Å²) in [6.07, 6.45) is 5.25. The molecule has 0 unspecified atom stereocenters. The van der Waals surface area contributed by atoms with E-state index in [-0.39, 0.29) is 24.4 Å². The molecule has 166 valence electrons. The second-order valence-electron chi connectivity index (χ2n) is 7.29. The molecule has 0 bridgehead atoms. The van der Waals surface area contributed by atoms with E-state index in [2.05, 4.69) is 10.6 Å². The highest BCUT2D eigenvalue weighted by Gasteiger charge is 2.26. The number of nitrogens with one attached hydrogen (secondary N) is 2. The molecule has 2 N–H and O–H groups in total. The number of methoxy groups -OCH3 is 1. The molecule has 0 atom stereocenters. The molecular weight excluding hydrogens is 426 g/mol. The van der Waals surface area contributed by atoms with Crippen molar-refractivity contribution in [2.75, 3.05) is 19.0 Å². The lowest BCUT2D eigenvalue weighted by atomic mass is 10.1. The quantitative estimate of drug-likeness (QED) is 0.376. The van der Waals surface area contributed by atoms with Crippen molar-refractivity contribution >= 4 is 34.1 Å². The number of hydrogen-bond donors (Lipinski definition) is 2. The van der Waals surface area contributed by atoms with Crippen LogP contribution >= 0.6 is 11.3 Å². The Bertz CT molecular complexity index is 990. The van der Waals surface area contributed by atoms with Crippen molar-refractivity contribution in [3.63, 3.8) is 0 Å². The average Bonchev–Trinajstić information content (AvgIpc) is 2.90. The number of esters is 1. The van der Waals surface area contributed by atoms with Crippen LogP contribution in [0.5, 0.6) is 0 Å². The minimum Gasteiger partial charge on any atom is -0.465 e. The maximum Gasteiger partial charge on any atom is 0.341 e. The average molecular weight is 451 g/mol. The van der Waals surface area contributed by atoms with Crippen LogP contribution in [0.3, 0.4) is 0 Å². The van der Waals surface area contributed by atoms with E-state index in [1.165, 1.54) is 18.4 Å². The van der Waals surface area contributed by atoms with Crippen LogP contribution < -0.4 is 10.6 Å². The van der Waals surface area contributed by atoms with Gasteiger partial charge in [-0.05, 0) is 49.8 Å². The molecule has 1 heterocycles. The monoisotopic (exact) mass is 450 g/mol. The molecule has 31 heavy (non-hydrogen) atoms. The van der Waals surface area contributed by atoms with Gasteiger partial charge in [-0.1, -0.05) is 6.42 Å². The van der Waals surface area contributed by atoms with E-state index in [1.54, 1.807) is 0 Å². The van der Waals surface area contributed by atoms with Crippen LogP contribution in [0.15, 0.2) is 18.2 Å². The fourth-order valence-corrected chi connectivity index (χ4v) is 4.85. The Labute approximate surface area is 183 Å². The molecule has 1 aliphatic rings. The van der Waals surface area contributed by atoms with Crippen LogP contribution in [-0.4, -0.2) is 31.4 Å². The van der Waals surface area contributed by atoms with Gasteiger partial charge in [-0.2, -0.15) is 0 Å². The van der Waals surface area contributed by atoms with Gasteiger partial charge in [0, 0.05) is 23.9 Å². The molecule has 2 amide bonds. The number of fused-ring (bicyclic) bond motifs is 1. The van der Waals surface area contributed by atoms with E-state index >= 15 is 0 Å². The number of halogens is 2. The Morgan fingerprint density at radius 2 is 1.90 bits per heavy atom. The number of rotatable bonds is 7. The number of carbonyl (C=O) groups excluding carboxylic acids is 3.